The summed E-state index contributed by atoms with van der Waals surface area (Å²) in [6, 6.07) is 7.21. The first kappa shape index (κ1) is 15.2. The molecule has 0 spiro atoms. The predicted molar refractivity (Wildman–Crippen MR) is 76.3 cm³/mol. The number of benzene rings is 1. The van der Waals surface area contributed by atoms with Crippen LogP contribution in [0.25, 0.3) is 0 Å². The largest absolute Gasteiger partial charge is 0.387 e. The summed E-state index contributed by atoms with van der Waals surface area (Å²) in [5.74, 6) is -0.718. The number of hydrogen-bond donors (Lipinski definition) is 3. The standard InChI is InChI=1S/C15H18FN3O2/c1-2-3-12-8-13(19-18-12)15(21)17-9-14(20)10-4-6-11(16)7-5-10/h4-8,14,20H,2-3,9H2,1H3,(H,17,21)(H,18,19). The van der Waals surface area contributed by atoms with Gasteiger partial charge in [0.1, 0.15) is 11.5 Å². The minimum Gasteiger partial charge on any atom is -0.387 e. The fourth-order valence-electron chi connectivity index (χ4n) is 1.96. The van der Waals surface area contributed by atoms with Crippen LogP contribution in [0.3, 0.4) is 0 Å². The summed E-state index contributed by atoms with van der Waals surface area (Å²) in [4.78, 5) is 11.9. The molecular formula is C15H18FN3O2. The first-order valence-corrected chi connectivity index (χ1v) is 6.86. The number of carbonyl (C=O) groups excluding carboxylic acids is 1. The topological polar surface area (TPSA) is 78.0 Å². The van der Waals surface area contributed by atoms with Crippen molar-refractivity contribution in [3.8, 4) is 0 Å². The molecule has 2 rings (SSSR count). The van der Waals surface area contributed by atoms with Gasteiger partial charge >= 0.3 is 0 Å². The molecule has 21 heavy (non-hydrogen) atoms. The second-order valence-electron chi connectivity index (χ2n) is 4.81. The Kier molecular flexibility index (Phi) is 5.05. The van der Waals surface area contributed by atoms with Crippen LogP contribution in [-0.2, 0) is 6.42 Å². The van der Waals surface area contributed by atoms with E-state index in [1.165, 1.54) is 24.3 Å². The molecule has 0 aliphatic heterocycles. The third-order valence-electron chi connectivity index (χ3n) is 3.09. The number of aromatic nitrogens is 2. The lowest BCUT2D eigenvalue weighted by Crippen LogP contribution is -2.28. The zero-order valence-electron chi connectivity index (χ0n) is 11.8. The van der Waals surface area contributed by atoms with E-state index < -0.39 is 6.10 Å². The van der Waals surface area contributed by atoms with E-state index in [-0.39, 0.29) is 18.3 Å². The third-order valence-corrected chi connectivity index (χ3v) is 3.09. The average Bonchev–Trinajstić information content (AvgIpc) is 2.94. The molecule has 2 aromatic rings. The van der Waals surface area contributed by atoms with Crippen molar-refractivity contribution in [2.24, 2.45) is 0 Å². The summed E-state index contributed by atoms with van der Waals surface area (Å²) in [7, 11) is 0. The lowest BCUT2D eigenvalue weighted by Gasteiger charge is -2.11. The molecule has 0 bridgehead atoms. The molecule has 1 aromatic carbocycles. The van der Waals surface area contributed by atoms with Crippen LogP contribution in [0.1, 0.15) is 41.2 Å². The quantitative estimate of drug-likeness (QED) is 0.761. The van der Waals surface area contributed by atoms with E-state index in [1.807, 2.05) is 6.92 Å². The van der Waals surface area contributed by atoms with E-state index in [4.69, 9.17) is 0 Å². The number of halogens is 1. The Morgan fingerprint density at radius 1 is 1.43 bits per heavy atom. The highest BCUT2D eigenvalue weighted by Crippen LogP contribution is 2.12. The smallest absolute Gasteiger partial charge is 0.271 e. The van der Waals surface area contributed by atoms with Gasteiger partial charge in [-0.2, -0.15) is 5.10 Å². The van der Waals surface area contributed by atoms with Gasteiger partial charge in [-0.15, -0.1) is 0 Å². The fourth-order valence-corrected chi connectivity index (χ4v) is 1.96. The van der Waals surface area contributed by atoms with Gasteiger partial charge in [-0.1, -0.05) is 25.5 Å². The van der Waals surface area contributed by atoms with Gasteiger partial charge in [0, 0.05) is 12.2 Å². The lowest BCUT2D eigenvalue weighted by atomic mass is 10.1. The first-order valence-electron chi connectivity index (χ1n) is 6.86. The number of hydrogen-bond acceptors (Lipinski definition) is 3. The van der Waals surface area contributed by atoms with Crippen molar-refractivity contribution < 1.29 is 14.3 Å². The Morgan fingerprint density at radius 2 is 2.14 bits per heavy atom. The first-order chi connectivity index (χ1) is 10.1. The molecule has 1 unspecified atom stereocenters. The fraction of sp³-hybridized carbons (Fsp3) is 0.333. The van der Waals surface area contributed by atoms with Crippen molar-refractivity contribution in [2.75, 3.05) is 6.54 Å². The number of rotatable bonds is 6. The Balaban J connectivity index is 1.89. The number of H-pyrrole nitrogens is 1. The molecule has 1 heterocycles. The van der Waals surface area contributed by atoms with Crippen molar-refractivity contribution in [3.05, 3.63) is 53.1 Å². The van der Waals surface area contributed by atoms with E-state index in [9.17, 15) is 14.3 Å². The summed E-state index contributed by atoms with van der Waals surface area (Å²) < 4.78 is 12.8. The second kappa shape index (κ2) is 6.99. The Labute approximate surface area is 122 Å². The molecule has 0 saturated heterocycles. The Morgan fingerprint density at radius 3 is 2.81 bits per heavy atom. The van der Waals surface area contributed by atoms with Crippen LogP contribution in [-0.4, -0.2) is 27.8 Å². The minimum atomic E-state index is -0.886. The number of carbonyl (C=O) groups is 1. The summed E-state index contributed by atoms with van der Waals surface area (Å²) >= 11 is 0. The van der Waals surface area contributed by atoms with E-state index in [2.05, 4.69) is 15.5 Å². The van der Waals surface area contributed by atoms with Gasteiger partial charge in [0.15, 0.2) is 0 Å². The summed E-state index contributed by atoms with van der Waals surface area (Å²) in [5, 5.41) is 19.3. The highest BCUT2D eigenvalue weighted by Gasteiger charge is 2.13. The molecule has 112 valence electrons. The average molecular weight is 291 g/mol. The number of amides is 1. The molecular weight excluding hydrogens is 273 g/mol. The lowest BCUT2D eigenvalue weighted by molar-refractivity contribution is 0.0911. The van der Waals surface area contributed by atoms with E-state index in [1.54, 1.807) is 6.07 Å². The molecule has 3 N–H and O–H groups in total. The van der Waals surface area contributed by atoms with Gasteiger partial charge in [-0.05, 0) is 30.2 Å². The minimum absolute atomic E-state index is 0.0421. The van der Waals surface area contributed by atoms with Crippen LogP contribution < -0.4 is 5.32 Å². The van der Waals surface area contributed by atoms with Gasteiger partial charge in [0.2, 0.25) is 0 Å². The molecule has 0 saturated carbocycles. The molecule has 1 aromatic heterocycles. The maximum Gasteiger partial charge on any atom is 0.271 e. The van der Waals surface area contributed by atoms with Crippen LogP contribution >= 0.6 is 0 Å². The van der Waals surface area contributed by atoms with Crippen molar-refractivity contribution in [1.29, 1.82) is 0 Å². The van der Waals surface area contributed by atoms with Gasteiger partial charge in [-0.25, -0.2) is 4.39 Å². The number of aliphatic hydroxyl groups excluding tert-OH is 1. The predicted octanol–water partition coefficient (Wildman–Crippen LogP) is 1.96. The Hall–Kier alpha value is -2.21. The number of aliphatic hydroxyl groups is 1. The van der Waals surface area contributed by atoms with Gasteiger partial charge in [-0.3, -0.25) is 9.89 Å². The zero-order chi connectivity index (χ0) is 15.2. The number of aryl methyl sites for hydroxylation is 1. The SMILES string of the molecule is CCCc1cc(C(=O)NCC(O)c2ccc(F)cc2)n[nH]1. The number of aromatic amines is 1. The van der Waals surface area contributed by atoms with Crippen LogP contribution in [0.5, 0.6) is 0 Å². The second-order valence-corrected chi connectivity index (χ2v) is 4.81. The van der Waals surface area contributed by atoms with Crippen molar-refractivity contribution in [1.82, 2.24) is 15.5 Å². The van der Waals surface area contributed by atoms with Gasteiger partial charge < -0.3 is 10.4 Å². The molecule has 1 amide bonds. The molecule has 0 aliphatic rings. The third kappa shape index (κ3) is 4.13. The normalized spacial score (nSPS) is 12.1. The summed E-state index contributed by atoms with van der Waals surface area (Å²) in [6.07, 6.45) is 0.911. The summed E-state index contributed by atoms with van der Waals surface area (Å²) in [6.45, 7) is 2.08. The van der Waals surface area contributed by atoms with Crippen LogP contribution in [0, 0.1) is 5.82 Å². The molecule has 0 aliphatic carbocycles. The zero-order valence-corrected chi connectivity index (χ0v) is 11.8. The molecule has 5 nitrogen and oxygen atoms in total. The monoisotopic (exact) mass is 291 g/mol. The van der Waals surface area contributed by atoms with Gasteiger partial charge in [0.05, 0.1) is 6.10 Å². The maximum atomic E-state index is 12.8. The Bertz CT molecular complexity index is 595. The number of nitrogens with one attached hydrogen (secondary N) is 2. The molecule has 6 heteroatoms. The highest BCUT2D eigenvalue weighted by molar-refractivity contribution is 5.92. The van der Waals surface area contributed by atoms with Crippen LogP contribution in [0.2, 0.25) is 0 Å². The van der Waals surface area contributed by atoms with Crippen molar-refractivity contribution >= 4 is 5.91 Å². The summed E-state index contributed by atoms with van der Waals surface area (Å²) in [5.41, 5.74) is 1.75. The van der Waals surface area contributed by atoms with E-state index >= 15 is 0 Å². The van der Waals surface area contributed by atoms with Crippen molar-refractivity contribution in [2.45, 2.75) is 25.9 Å². The van der Waals surface area contributed by atoms with Crippen LogP contribution in [0.4, 0.5) is 4.39 Å². The van der Waals surface area contributed by atoms with E-state index in [0.29, 0.717) is 11.3 Å². The van der Waals surface area contributed by atoms with Crippen molar-refractivity contribution in [3.63, 3.8) is 0 Å². The maximum absolute atomic E-state index is 12.8. The van der Waals surface area contributed by atoms with Crippen LogP contribution in [0.15, 0.2) is 30.3 Å². The molecule has 1 atom stereocenters. The number of nitrogens with zero attached hydrogens (tertiary/aromatic N) is 1. The molecule has 0 radical (unpaired) electrons. The highest BCUT2D eigenvalue weighted by atomic mass is 19.1. The van der Waals surface area contributed by atoms with Gasteiger partial charge in [0.25, 0.3) is 5.91 Å². The van der Waals surface area contributed by atoms with E-state index in [0.717, 1.165) is 18.5 Å². The molecule has 0 fully saturated rings.